The lowest BCUT2D eigenvalue weighted by molar-refractivity contribution is 0.254. The Hall–Kier alpha value is -0.0400. The fourth-order valence-electron chi connectivity index (χ4n) is 4.21. The standard InChI is InChI=1S/C27H57N/c1-4-7-10-13-15-17-20-23-26-28(25-22-19-12-9-6-3)27-24-21-18-16-14-11-8-5-2/h4-27H2,1-3H3. The third-order valence-electron chi connectivity index (χ3n) is 6.23. The summed E-state index contributed by atoms with van der Waals surface area (Å²) in [7, 11) is 0. The van der Waals surface area contributed by atoms with Gasteiger partial charge in [0.25, 0.3) is 0 Å². The molecule has 0 unspecified atom stereocenters. The first-order chi connectivity index (χ1) is 13.8. The van der Waals surface area contributed by atoms with Crippen molar-refractivity contribution in [3.63, 3.8) is 0 Å². The van der Waals surface area contributed by atoms with Gasteiger partial charge in [-0.3, -0.25) is 0 Å². The third kappa shape index (κ3) is 22.3. The summed E-state index contributed by atoms with van der Waals surface area (Å²) >= 11 is 0. The van der Waals surface area contributed by atoms with E-state index >= 15 is 0 Å². The first-order valence-corrected chi connectivity index (χ1v) is 13.6. The van der Waals surface area contributed by atoms with Gasteiger partial charge in [0.15, 0.2) is 0 Å². The van der Waals surface area contributed by atoms with Crippen LogP contribution in [0.3, 0.4) is 0 Å². The Labute approximate surface area is 180 Å². The summed E-state index contributed by atoms with van der Waals surface area (Å²) < 4.78 is 0. The SMILES string of the molecule is CCCCCCCCCCN(CCCCCCC)CCCCCCCCCC. The van der Waals surface area contributed by atoms with Gasteiger partial charge >= 0.3 is 0 Å². The van der Waals surface area contributed by atoms with E-state index in [-0.39, 0.29) is 0 Å². The molecule has 0 aliphatic carbocycles. The number of unbranched alkanes of at least 4 members (excludes halogenated alkanes) is 18. The van der Waals surface area contributed by atoms with Gasteiger partial charge in [-0.1, -0.05) is 136 Å². The number of nitrogens with zero attached hydrogens (tertiary/aromatic N) is 1. The summed E-state index contributed by atoms with van der Waals surface area (Å²) in [6.45, 7) is 11.0. The molecule has 0 saturated carbocycles. The monoisotopic (exact) mass is 395 g/mol. The van der Waals surface area contributed by atoms with Crippen LogP contribution in [-0.2, 0) is 0 Å². The predicted molar refractivity (Wildman–Crippen MR) is 130 cm³/mol. The highest BCUT2D eigenvalue weighted by molar-refractivity contribution is 4.60. The summed E-state index contributed by atoms with van der Waals surface area (Å²) in [5.74, 6) is 0. The molecule has 0 rings (SSSR count). The summed E-state index contributed by atoms with van der Waals surface area (Å²) in [5.41, 5.74) is 0. The predicted octanol–water partition coefficient (Wildman–Crippen LogP) is 9.54. The van der Waals surface area contributed by atoms with Crippen LogP contribution >= 0.6 is 0 Å². The van der Waals surface area contributed by atoms with Crippen molar-refractivity contribution in [2.24, 2.45) is 0 Å². The molecular weight excluding hydrogens is 338 g/mol. The molecule has 0 heterocycles. The normalized spacial score (nSPS) is 11.6. The van der Waals surface area contributed by atoms with E-state index in [1.165, 1.54) is 154 Å². The minimum atomic E-state index is 1.36. The number of rotatable bonds is 24. The van der Waals surface area contributed by atoms with Gasteiger partial charge in [-0.05, 0) is 38.9 Å². The van der Waals surface area contributed by atoms with Gasteiger partial charge in [0.05, 0.1) is 0 Å². The van der Waals surface area contributed by atoms with Gasteiger partial charge in [-0.2, -0.15) is 0 Å². The van der Waals surface area contributed by atoms with Crippen LogP contribution in [0.25, 0.3) is 0 Å². The van der Waals surface area contributed by atoms with Crippen molar-refractivity contribution in [3.8, 4) is 0 Å². The zero-order chi connectivity index (χ0) is 20.5. The highest BCUT2D eigenvalue weighted by Gasteiger charge is 2.05. The van der Waals surface area contributed by atoms with E-state index in [0.717, 1.165) is 0 Å². The molecule has 0 aliphatic heterocycles. The molecule has 1 heteroatoms. The summed E-state index contributed by atoms with van der Waals surface area (Å²) in [5, 5.41) is 0. The summed E-state index contributed by atoms with van der Waals surface area (Å²) in [6, 6.07) is 0. The van der Waals surface area contributed by atoms with Gasteiger partial charge in [-0.25, -0.2) is 0 Å². The molecular formula is C27H57N. The van der Waals surface area contributed by atoms with Gasteiger partial charge in [0, 0.05) is 0 Å². The maximum Gasteiger partial charge on any atom is -0.00187 e. The average Bonchev–Trinajstić information content (AvgIpc) is 2.71. The van der Waals surface area contributed by atoms with E-state index in [1.807, 2.05) is 0 Å². The summed E-state index contributed by atoms with van der Waals surface area (Å²) in [6.07, 6.45) is 30.2. The second-order valence-corrected chi connectivity index (χ2v) is 9.21. The minimum Gasteiger partial charge on any atom is -0.303 e. The highest BCUT2D eigenvalue weighted by Crippen LogP contribution is 2.12. The third-order valence-corrected chi connectivity index (χ3v) is 6.23. The summed E-state index contributed by atoms with van der Waals surface area (Å²) in [4.78, 5) is 2.81. The van der Waals surface area contributed by atoms with Crippen LogP contribution in [0.5, 0.6) is 0 Å². The molecule has 1 nitrogen and oxygen atoms in total. The average molecular weight is 396 g/mol. The van der Waals surface area contributed by atoms with E-state index < -0.39 is 0 Å². The van der Waals surface area contributed by atoms with Gasteiger partial charge in [0.1, 0.15) is 0 Å². The highest BCUT2D eigenvalue weighted by atomic mass is 15.1. The Morgan fingerprint density at radius 1 is 0.286 bits per heavy atom. The molecule has 0 spiro atoms. The van der Waals surface area contributed by atoms with E-state index in [4.69, 9.17) is 0 Å². The number of hydrogen-bond acceptors (Lipinski definition) is 1. The second-order valence-electron chi connectivity index (χ2n) is 9.21. The molecule has 28 heavy (non-hydrogen) atoms. The lowest BCUT2D eigenvalue weighted by Crippen LogP contribution is -2.27. The van der Waals surface area contributed by atoms with Crippen LogP contribution in [0.2, 0.25) is 0 Å². The quantitative estimate of drug-likeness (QED) is 0.147. The zero-order valence-electron chi connectivity index (χ0n) is 20.4. The molecule has 0 aromatic carbocycles. The second kappa shape index (κ2) is 25.0. The van der Waals surface area contributed by atoms with Gasteiger partial charge in [0.2, 0.25) is 0 Å². The lowest BCUT2D eigenvalue weighted by atomic mass is 10.1. The van der Waals surface area contributed by atoms with Gasteiger partial charge < -0.3 is 4.90 Å². The molecule has 0 bridgehead atoms. The van der Waals surface area contributed by atoms with Crippen molar-refractivity contribution >= 4 is 0 Å². The first-order valence-electron chi connectivity index (χ1n) is 13.6. The Morgan fingerprint density at radius 2 is 0.500 bits per heavy atom. The van der Waals surface area contributed by atoms with Crippen LogP contribution in [0.4, 0.5) is 0 Å². The molecule has 0 atom stereocenters. The van der Waals surface area contributed by atoms with Crippen molar-refractivity contribution in [1.29, 1.82) is 0 Å². The Morgan fingerprint density at radius 3 is 0.750 bits per heavy atom. The Bertz CT molecular complexity index is 243. The zero-order valence-corrected chi connectivity index (χ0v) is 20.4. The topological polar surface area (TPSA) is 3.24 Å². The smallest absolute Gasteiger partial charge is 0.00187 e. The van der Waals surface area contributed by atoms with Crippen molar-refractivity contribution in [2.75, 3.05) is 19.6 Å². The fraction of sp³-hybridized carbons (Fsp3) is 1.00. The molecule has 0 aromatic rings. The fourth-order valence-corrected chi connectivity index (χ4v) is 4.21. The van der Waals surface area contributed by atoms with E-state index in [0.29, 0.717) is 0 Å². The molecule has 0 aromatic heterocycles. The van der Waals surface area contributed by atoms with E-state index in [1.54, 1.807) is 0 Å². The maximum absolute atomic E-state index is 2.81. The van der Waals surface area contributed by atoms with Crippen molar-refractivity contribution in [3.05, 3.63) is 0 Å². The van der Waals surface area contributed by atoms with Gasteiger partial charge in [-0.15, -0.1) is 0 Å². The Kier molecular flexibility index (Phi) is 25.0. The van der Waals surface area contributed by atoms with Crippen molar-refractivity contribution in [2.45, 2.75) is 156 Å². The van der Waals surface area contributed by atoms with Crippen molar-refractivity contribution in [1.82, 2.24) is 4.90 Å². The van der Waals surface area contributed by atoms with E-state index in [2.05, 4.69) is 25.7 Å². The lowest BCUT2D eigenvalue weighted by Gasteiger charge is -2.22. The first kappa shape index (κ1) is 28.0. The molecule has 0 saturated heterocycles. The van der Waals surface area contributed by atoms with Crippen molar-refractivity contribution < 1.29 is 0 Å². The molecule has 0 fully saturated rings. The number of hydrogen-bond donors (Lipinski definition) is 0. The van der Waals surface area contributed by atoms with Crippen LogP contribution < -0.4 is 0 Å². The molecule has 0 amide bonds. The molecule has 0 aliphatic rings. The molecule has 170 valence electrons. The van der Waals surface area contributed by atoms with Crippen LogP contribution in [0.15, 0.2) is 0 Å². The van der Waals surface area contributed by atoms with Crippen LogP contribution in [0.1, 0.15) is 156 Å². The molecule has 0 radical (unpaired) electrons. The van der Waals surface area contributed by atoms with E-state index in [9.17, 15) is 0 Å². The minimum absolute atomic E-state index is 1.36. The maximum atomic E-state index is 2.81. The largest absolute Gasteiger partial charge is 0.303 e. The van der Waals surface area contributed by atoms with Crippen LogP contribution in [-0.4, -0.2) is 24.5 Å². The Balaban J connectivity index is 3.75. The van der Waals surface area contributed by atoms with Crippen LogP contribution in [0, 0.1) is 0 Å². The molecule has 0 N–H and O–H groups in total.